The maximum atomic E-state index is 12.9. The summed E-state index contributed by atoms with van der Waals surface area (Å²) in [6.07, 6.45) is 3.50. The van der Waals surface area contributed by atoms with Gasteiger partial charge in [-0.2, -0.15) is 0 Å². The van der Waals surface area contributed by atoms with Crippen molar-refractivity contribution < 1.29 is 9.53 Å². The molecule has 1 aliphatic heterocycles. The molecular formula is C23H24N4O3. The number of carbonyl (C=O) groups excluding carboxylic acids is 1. The first-order chi connectivity index (χ1) is 14.5. The third-order valence-electron chi connectivity index (χ3n) is 5.32. The fourth-order valence-corrected chi connectivity index (χ4v) is 3.66. The Kier molecular flexibility index (Phi) is 5.61. The zero-order valence-electron chi connectivity index (χ0n) is 17.0. The molecule has 0 spiro atoms. The maximum absolute atomic E-state index is 12.9. The molecule has 1 aromatic carbocycles. The fraction of sp³-hybridized carbons (Fsp3) is 0.304. The molecule has 0 saturated carbocycles. The number of benzene rings is 1. The average molecular weight is 404 g/mol. The summed E-state index contributed by atoms with van der Waals surface area (Å²) in [6.45, 7) is 4.91. The lowest BCUT2D eigenvalue weighted by Gasteiger charge is -2.22. The summed E-state index contributed by atoms with van der Waals surface area (Å²) in [7, 11) is 0. The van der Waals surface area contributed by atoms with Crippen LogP contribution in [0.25, 0.3) is 11.4 Å². The first-order valence-electron chi connectivity index (χ1n) is 10.0. The summed E-state index contributed by atoms with van der Waals surface area (Å²) >= 11 is 0. The Morgan fingerprint density at radius 2 is 1.93 bits per heavy atom. The van der Waals surface area contributed by atoms with Gasteiger partial charge < -0.3 is 14.6 Å². The molecule has 7 nitrogen and oxygen atoms in total. The van der Waals surface area contributed by atoms with Crippen molar-refractivity contribution in [1.29, 1.82) is 0 Å². The van der Waals surface area contributed by atoms with Gasteiger partial charge in [-0.25, -0.2) is 4.98 Å². The molecule has 0 radical (unpaired) electrons. The number of hydrogen-bond acceptors (Lipinski definition) is 5. The van der Waals surface area contributed by atoms with Gasteiger partial charge in [0.15, 0.2) is 6.10 Å². The number of aromatic amines is 1. The number of H-pyrrole nitrogens is 1. The summed E-state index contributed by atoms with van der Waals surface area (Å²) < 4.78 is 5.81. The van der Waals surface area contributed by atoms with Crippen molar-refractivity contribution >= 4 is 5.91 Å². The predicted molar refractivity (Wildman–Crippen MR) is 113 cm³/mol. The Morgan fingerprint density at radius 3 is 2.67 bits per heavy atom. The minimum atomic E-state index is -0.578. The standard InChI is InChI=1S/C23H24N4O3/c1-15-3-5-19(6-4-15)30-16(2)23(29)27-12-9-18(14-27)20-13-21(28)26-22(25-20)17-7-10-24-11-8-17/h3-8,10-11,13,16,18H,9,12,14H2,1-2H3,(H,25,26,28)/t16-,18-/m0/s1. The van der Waals surface area contributed by atoms with E-state index in [2.05, 4.69) is 15.0 Å². The first kappa shape index (κ1) is 19.8. The van der Waals surface area contributed by atoms with Gasteiger partial charge in [-0.15, -0.1) is 0 Å². The van der Waals surface area contributed by atoms with Gasteiger partial charge in [0.1, 0.15) is 11.6 Å². The first-order valence-corrected chi connectivity index (χ1v) is 10.0. The van der Waals surface area contributed by atoms with E-state index >= 15 is 0 Å². The predicted octanol–water partition coefficient (Wildman–Crippen LogP) is 2.92. The fourth-order valence-electron chi connectivity index (χ4n) is 3.66. The van der Waals surface area contributed by atoms with Crippen LogP contribution in [-0.4, -0.2) is 45.0 Å². The lowest BCUT2D eigenvalue weighted by atomic mass is 10.0. The van der Waals surface area contributed by atoms with Gasteiger partial charge >= 0.3 is 0 Å². The van der Waals surface area contributed by atoms with Crippen LogP contribution in [0.15, 0.2) is 59.7 Å². The Morgan fingerprint density at radius 1 is 1.20 bits per heavy atom. The third-order valence-corrected chi connectivity index (χ3v) is 5.32. The normalized spacial score (nSPS) is 17.0. The SMILES string of the molecule is Cc1ccc(O[C@@H](C)C(=O)N2CC[C@H](c3cc(=O)[nH]c(-c4ccncc4)n3)C2)cc1. The number of pyridine rings is 1. The van der Waals surface area contributed by atoms with E-state index in [9.17, 15) is 9.59 Å². The van der Waals surface area contributed by atoms with Crippen LogP contribution in [0.1, 0.15) is 30.5 Å². The number of nitrogens with zero attached hydrogens (tertiary/aromatic N) is 3. The van der Waals surface area contributed by atoms with E-state index in [0.29, 0.717) is 30.4 Å². The van der Waals surface area contributed by atoms with Gasteiger partial charge in [-0.1, -0.05) is 17.7 Å². The molecule has 1 N–H and O–H groups in total. The van der Waals surface area contributed by atoms with E-state index in [0.717, 1.165) is 17.5 Å². The maximum Gasteiger partial charge on any atom is 0.263 e. The molecule has 30 heavy (non-hydrogen) atoms. The molecule has 1 fully saturated rings. The number of nitrogens with one attached hydrogen (secondary N) is 1. The highest BCUT2D eigenvalue weighted by atomic mass is 16.5. The number of aryl methyl sites for hydroxylation is 1. The Labute approximate surface area is 174 Å². The van der Waals surface area contributed by atoms with Gasteiger partial charge in [0, 0.05) is 43.0 Å². The molecule has 1 amide bonds. The lowest BCUT2D eigenvalue weighted by molar-refractivity contribution is -0.136. The van der Waals surface area contributed by atoms with Crippen molar-refractivity contribution in [3.05, 3.63) is 76.5 Å². The summed E-state index contributed by atoms with van der Waals surface area (Å²) in [5.74, 6) is 1.15. The molecule has 1 aliphatic rings. The second-order valence-corrected chi connectivity index (χ2v) is 7.60. The minimum Gasteiger partial charge on any atom is -0.481 e. The van der Waals surface area contributed by atoms with Crippen molar-refractivity contribution in [2.24, 2.45) is 0 Å². The van der Waals surface area contributed by atoms with E-state index in [4.69, 9.17) is 4.74 Å². The van der Waals surface area contributed by atoms with E-state index in [-0.39, 0.29) is 17.4 Å². The number of ether oxygens (including phenoxy) is 1. The molecular weight excluding hydrogens is 380 g/mol. The average Bonchev–Trinajstić information content (AvgIpc) is 3.25. The van der Waals surface area contributed by atoms with Crippen molar-refractivity contribution in [3.8, 4) is 17.1 Å². The zero-order chi connectivity index (χ0) is 21.1. The smallest absolute Gasteiger partial charge is 0.263 e. The third kappa shape index (κ3) is 4.40. The monoisotopic (exact) mass is 404 g/mol. The molecule has 2 aromatic heterocycles. The molecule has 2 atom stereocenters. The molecule has 0 unspecified atom stereocenters. The van der Waals surface area contributed by atoms with Crippen molar-refractivity contribution in [3.63, 3.8) is 0 Å². The number of amides is 1. The van der Waals surface area contributed by atoms with Gasteiger partial charge in [-0.05, 0) is 44.5 Å². The van der Waals surface area contributed by atoms with Crippen molar-refractivity contribution in [2.45, 2.75) is 32.3 Å². The van der Waals surface area contributed by atoms with Crippen LogP contribution in [0, 0.1) is 6.92 Å². The second kappa shape index (κ2) is 8.49. The number of likely N-dealkylation sites (tertiary alicyclic amines) is 1. The van der Waals surface area contributed by atoms with Crippen LogP contribution in [0.5, 0.6) is 5.75 Å². The van der Waals surface area contributed by atoms with Crippen LogP contribution in [0.4, 0.5) is 0 Å². The van der Waals surface area contributed by atoms with Gasteiger partial charge in [0.05, 0.1) is 5.69 Å². The quantitative estimate of drug-likeness (QED) is 0.706. The van der Waals surface area contributed by atoms with Crippen molar-refractivity contribution in [1.82, 2.24) is 19.9 Å². The Bertz CT molecular complexity index is 1080. The molecule has 3 heterocycles. The topological polar surface area (TPSA) is 88.2 Å². The lowest BCUT2D eigenvalue weighted by Crippen LogP contribution is -2.39. The Balaban J connectivity index is 1.45. The summed E-state index contributed by atoms with van der Waals surface area (Å²) in [6, 6.07) is 12.8. The highest BCUT2D eigenvalue weighted by molar-refractivity contribution is 5.81. The van der Waals surface area contributed by atoms with Gasteiger partial charge in [0.2, 0.25) is 0 Å². The molecule has 7 heteroatoms. The van der Waals surface area contributed by atoms with Crippen LogP contribution >= 0.6 is 0 Å². The molecule has 154 valence electrons. The van der Waals surface area contributed by atoms with Crippen LogP contribution in [-0.2, 0) is 4.79 Å². The summed E-state index contributed by atoms with van der Waals surface area (Å²) in [5.41, 5.74) is 2.44. The van der Waals surface area contributed by atoms with Gasteiger partial charge in [-0.3, -0.25) is 14.6 Å². The summed E-state index contributed by atoms with van der Waals surface area (Å²) in [5, 5.41) is 0. The highest BCUT2D eigenvalue weighted by Crippen LogP contribution is 2.27. The van der Waals surface area contributed by atoms with Crippen LogP contribution < -0.4 is 10.3 Å². The molecule has 4 rings (SSSR count). The number of hydrogen-bond donors (Lipinski definition) is 1. The number of rotatable bonds is 5. The minimum absolute atomic E-state index is 0.0170. The Hall–Kier alpha value is -3.48. The number of aromatic nitrogens is 3. The van der Waals surface area contributed by atoms with E-state index < -0.39 is 6.10 Å². The van der Waals surface area contributed by atoms with E-state index in [1.165, 1.54) is 6.07 Å². The molecule has 0 bridgehead atoms. The molecule has 0 aliphatic carbocycles. The zero-order valence-corrected chi connectivity index (χ0v) is 17.0. The summed E-state index contributed by atoms with van der Waals surface area (Å²) in [4.78, 5) is 38.2. The van der Waals surface area contributed by atoms with Crippen molar-refractivity contribution in [2.75, 3.05) is 13.1 Å². The van der Waals surface area contributed by atoms with Crippen LogP contribution in [0.2, 0.25) is 0 Å². The largest absolute Gasteiger partial charge is 0.481 e. The molecule has 1 saturated heterocycles. The number of carbonyl (C=O) groups is 1. The van der Waals surface area contributed by atoms with Crippen LogP contribution in [0.3, 0.4) is 0 Å². The highest BCUT2D eigenvalue weighted by Gasteiger charge is 2.31. The van der Waals surface area contributed by atoms with Gasteiger partial charge in [0.25, 0.3) is 11.5 Å². The van der Waals surface area contributed by atoms with E-state index in [1.54, 1.807) is 36.4 Å². The van der Waals surface area contributed by atoms with E-state index in [1.807, 2.05) is 31.2 Å². The molecule has 3 aromatic rings. The second-order valence-electron chi connectivity index (χ2n) is 7.60.